The third-order valence-electron chi connectivity index (χ3n) is 5.04. The van der Waals surface area contributed by atoms with Crippen molar-refractivity contribution in [2.45, 2.75) is 27.0 Å². The van der Waals surface area contributed by atoms with Crippen LogP contribution < -0.4 is 10.1 Å². The number of rotatable bonds is 7. The standard InChI is InChI=1S/C26H24ClN3O2/c1-18-9-10-25(19(2)11-18)32-17-21-6-3-7-22(12-21)26(31)29-24-14-28-30(16-24)15-20-5-4-8-23(27)13-20/h3-14,16H,15,17H2,1-2H3,(H,29,31). The molecule has 0 aliphatic heterocycles. The Hall–Kier alpha value is -3.57. The summed E-state index contributed by atoms with van der Waals surface area (Å²) in [7, 11) is 0. The van der Waals surface area contributed by atoms with Crippen molar-refractivity contribution < 1.29 is 9.53 Å². The SMILES string of the molecule is Cc1ccc(OCc2cccc(C(=O)Nc3cnn(Cc4cccc(Cl)c4)c3)c2)c(C)c1. The highest BCUT2D eigenvalue weighted by Crippen LogP contribution is 2.20. The molecule has 0 saturated heterocycles. The van der Waals surface area contributed by atoms with E-state index < -0.39 is 0 Å². The molecule has 1 amide bonds. The van der Waals surface area contributed by atoms with Gasteiger partial charge in [0.25, 0.3) is 5.91 Å². The summed E-state index contributed by atoms with van der Waals surface area (Å²) >= 11 is 6.04. The minimum absolute atomic E-state index is 0.194. The van der Waals surface area contributed by atoms with E-state index in [1.54, 1.807) is 23.1 Å². The molecule has 0 bridgehead atoms. The number of aryl methyl sites for hydroxylation is 2. The summed E-state index contributed by atoms with van der Waals surface area (Å²) in [6.07, 6.45) is 3.43. The van der Waals surface area contributed by atoms with Crippen LogP contribution in [0.15, 0.2) is 79.1 Å². The zero-order chi connectivity index (χ0) is 22.5. The molecule has 0 fully saturated rings. The zero-order valence-corrected chi connectivity index (χ0v) is 18.8. The van der Waals surface area contributed by atoms with Gasteiger partial charge in [-0.3, -0.25) is 9.48 Å². The Bertz CT molecular complexity index is 1250. The van der Waals surface area contributed by atoms with E-state index in [4.69, 9.17) is 16.3 Å². The number of ether oxygens (including phenoxy) is 1. The molecule has 0 saturated carbocycles. The molecule has 0 unspecified atom stereocenters. The highest BCUT2D eigenvalue weighted by Gasteiger charge is 2.09. The number of nitrogens with one attached hydrogen (secondary N) is 1. The number of aromatic nitrogens is 2. The first-order chi connectivity index (χ1) is 15.5. The van der Waals surface area contributed by atoms with Crippen LogP contribution in [0.25, 0.3) is 0 Å². The second-order valence-corrected chi connectivity index (χ2v) is 8.21. The third-order valence-corrected chi connectivity index (χ3v) is 5.27. The summed E-state index contributed by atoms with van der Waals surface area (Å²) < 4.78 is 7.70. The Labute approximate surface area is 192 Å². The predicted molar refractivity (Wildman–Crippen MR) is 127 cm³/mol. The first kappa shape index (κ1) is 21.7. The van der Waals surface area contributed by atoms with Gasteiger partial charge in [0.2, 0.25) is 0 Å². The van der Waals surface area contributed by atoms with Crippen LogP contribution in [0.4, 0.5) is 5.69 Å². The molecule has 32 heavy (non-hydrogen) atoms. The number of anilines is 1. The lowest BCUT2D eigenvalue weighted by Crippen LogP contribution is -2.12. The van der Waals surface area contributed by atoms with Crippen molar-refractivity contribution in [3.05, 3.63) is 112 Å². The fraction of sp³-hybridized carbons (Fsp3) is 0.154. The van der Waals surface area contributed by atoms with Crippen molar-refractivity contribution in [1.82, 2.24) is 9.78 Å². The number of hydrogen-bond acceptors (Lipinski definition) is 3. The molecule has 5 nitrogen and oxygen atoms in total. The molecule has 0 atom stereocenters. The van der Waals surface area contributed by atoms with Crippen molar-refractivity contribution in [1.29, 1.82) is 0 Å². The maximum Gasteiger partial charge on any atom is 0.255 e. The Balaban J connectivity index is 1.38. The van der Waals surface area contributed by atoms with E-state index >= 15 is 0 Å². The van der Waals surface area contributed by atoms with Crippen LogP contribution in [0.5, 0.6) is 5.75 Å². The number of carbonyl (C=O) groups excluding carboxylic acids is 1. The zero-order valence-electron chi connectivity index (χ0n) is 18.0. The molecular formula is C26H24ClN3O2. The lowest BCUT2D eigenvalue weighted by Gasteiger charge is -2.11. The molecule has 1 aromatic heterocycles. The van der Waals surface area contributed by atoms with Crippen molar-refractivity contribution >= 4 is 23.2 Å². The number of halogens is 1. The topological polar surface area (TPSA) is 56.1 Å². The highest BCUT2D eigenvalue weighted by atomic mass is 35.5. The van der Waals surface area contributed by atoms with Crippen LogP contribution >= 0.6 is 11.6 Å². The van der Waals surface area contributed by atoms with E-state index in [9.17, 15) is 4.79 Å². The number of hydrogen-bond donors (Lipinski definition) is 1. The van der Waals surface area contributed by atoms with Crippen molar-refractivity contribution in [3.63, 3.8) is 0 Å². The van der Waals surface area contributed by atoms with Gasteiger partial charge in [-0.05, 0) is 60.9 Å². The lowest BCUT2D eigenvalue weighted by atomic mass is 10.1. The van der Waals surface area contributed by atoms with E-state index in [1.807, 2.05) is 61.5 Å². The van der Waals surface area contributed by atoms with Crippen LogP contribution in [-0.2, 0) is 13.2 Å². The summed E-state index contributed by atoms with van der Waals surface area (Å²) in [6, 6.07) is 21.1. The van der Waals surface area contributed by atoms with E-state index in [-0.39, 0.29) is 5.91 Å². The molecule has 3 aromatic carbocycles. The summed E-state index contributed by atoms with van der Waals surface area (Å²) in [5.74, 6) is 0.651. The summed E-state index contributed by atoms with van der Waals surface area (Å²) in [6.45, 7) is 5.04. The third kappa shape index (κ3) is 5.56. The first-order valence-corrected chi connectivity index (χ1v) is 10.7. The maximum atomic E-state index is 12.7. The van der Waals surface area contributed by atoms with Crippen LogP contribution in [0.3, 0.4) is 0 Å². The van der Waals surface area contributed by atoms with Crippen molar-refractivity contribution in [3.8, 4) is 5.75 Å². The van der Waals surface area contributed by atoms with Gasteiger partial charge in [0, 0.05) is 16.8 Å². The molecule has 4 aromatic rings. The van der Waals surface area contributed by atoms with Gasteiger partial charge in [0.15, 0.2) is 0 Å². The molecule has 0 radical (unpaired) electrons. The van der Waals surface area contributed by atoms with Crippen LogP contribution in [0.1, 0.15) is 32.6 Å². The molecule has 1 heterocycles. The summed E-state index contributed by atoms with van der Waals surface area (Å²) in [5.41, 5.74) is 5.45. The van der Waals surface area contributed by atoms with E-state index in [1.165, 1.54) is 5.56 Å². The van der Waals surface area contributed by atoms with Gasteiger partial charge in [-0.15, -0.1) is 0 Å². The second-order valence-electron chi connectivity index (χ2n) is 7.77. The molecule has 0 spiro atoms. The number of nitrogens with zero attached hydrogens (tertiary/aromatic N) is 2. The molecule has 6 heteroatoms. The molecule has 0 aliphatic rings. The van der Waals surface area contributed by atoms with Gasteiger partial charge in [0.1, 0.15) is 12.4 Å². The first-order valence-electron chi connectivity index (χ1n) is 10.3. The largest absolute Gasteiger partial charge is 0.489 e. The van der Waals surface area contributed by atoms with Gasteiger partial charge in [-0.1, -0.05) is 53.6 Å². The Kier molecular flexibility index (Phi) is 6.57. The van der Waals surface area contributed by atoms with Gasteiger partial charge >= 0.3 is 0 Å². The van der Waals surface area contributed by atoms with Gasteiger partial charge in [-0.2, -0.15) is 5.10 Å². The summed E-state index contributed by atoms with van der Waals surface area (Å²) in [4.78, 5) is 12.7. The quantitative estimate of drug-likeness (QED) is 0.377. The van der Waals surface area contributed by atoms with Crippen molar-refractivity contribution in [2.24, 2.45) is 0 Å². The molecular weight excluding hydrogens is 422 g/mol. The maximum absolute atomic E-state index is 12.7. The molecule has 1 N–H and O–H groups in total. The van der Waals surface area contributed by atoms with Gasteiger partial charge in [-0.25, -0.2) is 0 Å². The molecule has 162 valence electrons. The number of benzene rings is 3. The number of amides is 1. The smallest absolute Gasteiger partial charge is 0.255 e. The minimum atomic E-state index is -0.194. The van der Waals surface area contributed by atoms with E-state index in [2.05, 4.69) is 23.4 Å². The average molecular weight is 446 g/mol. The lowest BCUT2D eigenvalue weighted by molar-refractivity contribution is 0.102. The Morgan fingerprint density at radius 1 is 1.03 bits per heavy atom. The molecule has 4 rings (SSSR count). The summed E-state index contributed by atoms with van der Waals surface area (Å²) in [5, 5.41) is 7.91. The Morgan fingerprint density at radius 3 is 2.66 bits per heavy atom. The van der Waals surface area contributed by atoms with Crippen LogP contribution in [0, 0.1) is 13.8 Å². The second kappa shape index (κ2) is 9.71. The minimum Gasteiger partial charge on any atom is -0.489 e. The van der Waals surface area contributed by atoms with Crippen LogP contribution in [0.2, 0.25) is 5.02 Å². The van der Waals surface area contributed by atoms with Crippen molar-refractivity contribution in [2.75, 3.05) is 5.32 Å². The van der Waals surface area contributed by atoms with E-state index in [0.29, 0.717) is 29.4 Å². The molecule has 0 aliphatic carbocycles. The Morgan fingerprint density at radius 2 is 1.84 bits per heavy atom. The van der Waals surface area contributed by atoms with Gasteiger partial charge < -0.3 is 10.1 Å². The van der Waals surface area contributed by atoms with Crippen LogP contribution in [-0.4, -0.2) is 15.7 Å². The predicted octanol–water partition coefficient (Wildman–Crippen LogP) is 6.03. The fourth-order valence-corrected chi connectivity index (χ4v) is 3.68. The average Bonchev–Trinajstić information content (AvgIpc) is 3.20. The van der Waals surface area contributed by atoms with E-state index in [0.717, 1.165) is 22.4 Å². The fourth-order valence-electron chi connectivity index (χ4n) is 3.46. The monoisotopic (exact) mass is 445 g/mol. The highest BCUT2D eigenvalue weighted by molar-refractivity contribution is 6.30. The number of carbonyl (C=O) groups is 1. The van der Waals surface area contributed by atoms with Gasteiger partial charge in [0.05, 0.1) is 18.4 Å². The normalized spacial score (nSPS) is 10.7.